The van der Waals surface area contributed by atoms with E-state index in [0.717, 1.165) is 50.1 Å². The van der Waals surface area contributed by atoms with Crippen molar-refractivity contribution in [2.24, 2.45) is 0 Å². The first-order valence-corrected chi connectivity index (χ1v) is 22.1. The number of rotatable bonds is 5. The summed E-state index contributed by atoms with van der Waals surface area (Å²) in [6, 6.07) is 82.3. The smallest absolute Gasteiger partial charge is 0.143 e. The quantitative estimate of drug-likeness (QED) is 0.172. The fraction of sp³-hybridized carbons (Fsp3) is 0.0169. The normalized spacial score (nSPS) is 13.2. The van der Waals surface area contributed by atoms with Crippen LogP contribution in [0.25, 0.3) is 66.1 Å². The van der Waals surface area contributed by atoms with Gasteiger partial charge in [0.25, 0.3) is 0 Å². The molecule has 0 fully saturated rings. The third-order valence-corrected chi connectivity index (χ3v) is 14.2. The Hall–Kier alpha value is -7.59. The van der Waals surface area contributed by atoms with E-state index in [2.05, 4.69) is 229 Å². The monoisotopic (exact) mass is 807 g/mol. The molecule has 1 aliphatic carbocycles. The van der Waals surface area contributed by atoms with Crippen molar-refractivity contribution < 1.29 is 4.42 Å². The highest BCUT2D eigenvalue weighted by atomic mass is 32.2. The van der Waals surface area contributed by atoms with Crippen LogP contribution in [0, 0.1) is 0 Å². The number of hydrogen-bond donors (Lipinski definition) is 0. The Balaban J connectivity index is 1.06. The van der Waals surface area contributed by atoms with E-state index in [-0.39, 0.29) is 0 Å². The first kappa shape index (κ1) is 35.2. The van der Waals surface area contributed by atoms with E-state index in [1.807, 2.05) is 11.8 Å². The molecule has 0 atom stereocenters. The van der Waals surface area contributed by atoms with Gasteiger partial charge >= 0.3 is 0 Å². The first-order chi connectivity index (χ1) is 30.7. The van der Waals surface area contributed by atoms with Crippen molar-refractivity contribution in [1.29, 1.82) is 0 Å². The van der Waals surface area contributed by atoms with Crippen LogP contribution >= 0.6 is 11.8 Å². The van der Waals surface area contributed by atoms with Crippen LogP contribution < -0.4 is 4.90 Å². The SMILES string of the molecule is c1ccc(-c2ccc(-c3cc(N(c4ccc5c(c4)Sc4ccccc4C54c5ccccc5-c5ccccc54)c4ccc5ccccc5c4)cc4c3oc3ccccc34)cc2)cc1. The topological polar surface area (TPSA) is 16.4 Å². The summed E-state index contributed by atoms with van der Waals surface area (Å²) in [6.07, 6.45) is 0. The van der Waals surface area contributed by atoms with Crippen molar-refractivity contribution in [3.05, 3.63) is 247 Å². The maximum Gasteiger partial charge on any atom is 0.143 e. The molecule has 3 heteroatoms. The van der Waals surface area contributed by atoms with E-state index in [4.69, 9.17) is 4.42 Å². The zero-order valence-corrected chi connectivity index (χ0v) is 34.4. The zero-order chi connectivity index (χ0) is 40.8. The van der Waals surface area contributed by atoms with Gasteiger partial charge in [-0.05, 0) is 109 Å². The summed E-state index contributed by atoms with van der Waals surface area (Å²) in [5, 5.41) is 4.60. The van der Waals surface area contributed by atoms with Crippen molar-refractivity contribution >= 4 is 61.5 Å². The molecule has 11 aromatic rings. The number of benzene rings is 10. The average molecular weight is 808 g/mol. The Kier molecular flexibility index (Phi) is 7.79. The van der Waals surface area contributed by atoms with Crippen molar-refractivity contribution in [1.82, 2.24) is 0 Å². The summed E-state index contributed by atoms with van der Waals surface area (Å²) in [4.78, 5) is 4.98. The average Bonchev–Trinajstić information content (AvgIpc) is 3.86. The van der Waals surface area contributed by atoms with Gasteiger partial charge in [0.15, 0.2) is 0 Å². The van der Waals surface area contributed by atoms with E-state index < -0.39 is 5.41 Å². The lowest BCUT2D eigenvalue weighted by Gasteiger charge is -2.40. The third kappa shape index (κ3) is 5.19. The van der Waals surface area contributed by atoms with Gasteiger partial charge in [-0.3, -0.25) is 0 Å². The van der Waals surface area contributed by atoms with Crippen molar-refractivity contribution in [3.63, 3.8) is 0 Å². The highest BCUT2D eigenvalue weighted by Crippen LogP contribution is 2.62. The molecule has 2 heterocycles. The minimum Gasteiger partial charge on any atom is -0.455 e. The molecule has 62 heavy (non-hydrogen) atoms. The number of anilines is 3. The standard InChI is InChI=1S/C59H37NOS/c1-2-14-38(15-3-1)40-26-28-41(29-27-40)49-35-45(36-50-48-20-8-12-24-55(48)61-58(49)50)60(43-31-30-39-16-4-5-17-42(39)34-43)44-32-33-54-57(37-44)62-56-25-13-11-23-53(56)59(54)51-21-9-6-18-46(51)47-19-7-10-22-52(47)59/h1-37H. The van der Waals surface area contributed by atoms with Crippen LogP contribution in [0.3, 0.4) is 0 Å². The predicted octanol–water partition coefficient (Wildman–Crippen LogP) is 16.4. The molecule has 1 aliphatic heterocycles. The van der Waals surface area contributed by atoms with E-state index in [9.17, 15) is 0 Å². The fourth-order valence-electron chi connectivity index (χ4n) is 10.4. The largest absolute Gasteiger partial charge is 0.455 e. The lowest BCUT2D eigenvalue weighted by Crippen LogP contribution is -2.32. The Bertz CT molecular complexity index is 3520. The molecule has 0 saturated heterocycles. The van der Waals surface area contributed by atoms with Crippen molar-refractivity contribution in [2.75, 3.05) is 4.90 Å². The Labute approximate surface area is 364 Å². The molecule has 0 unspecified atom stereocenters. The number of para-hydroxylation sites is 1. The maximum absolute atomic E-state index is 6.75. The second-order valence-electron chi connectivity index (χ2n) is 16.4. The second kappa shape index (κ2) is 13.7. The lowest BCUT2D eigenvalue weighted by molar-refractivity contribution is 0.670. The van der Waals surface area contributed by atoms with Gasteiger partial charge in [-0.2, -0.15) is 0 Å². The molecule has 0 amide bonds. The molecule has 10 aromatic carbocycles. The molecule has 0 saturated carbocycles. The number of furan rings is 1. The molecule has 2 aliphatic rings. The van der Waals surface area contributed by atoms with Crippen LogP contribution in [-0.2, 0) is 5.41 Å². The summed E-state index contributed by atoms with van der Waals surface area (Å²) in [5.74, 6) is 0. The summed E-state index contributed by atoms with van der Waals surface area (Å²) in [7, 11) is 0. The molecule has 1 spiro atoms. The van der Waals surface area contributed by atoms with Gasteiger partial charge in [-0.1, -0.05) is 188 Å². The van der Waals surface area contributed by atoms with E-state index in [1.54, 1.807) is 0 Å². The number of hydrogen-bond acceptors (Lipinski definition) is 3. The Morgan fingerprint density at radius 1 is 0.355 bits per heavy atom. The van der Waals surface area contributed by atoms with Crippen LogP contribution in [0.15, 0.2) is 239 Å². The van der Waals surface area contributed by atoms with E-state index in [1.165, 1.54) is 65.1 Å². The summed E-state index contributed by atoms with van der Waals surface area (Å²) >= 11 is 1.88. The summed E-state index contributed by atoms with van der Waals surface area (Å²) in [5.41, 5.74) is 17.1. The van der Waals surface area contributed by atoms with Gasteiger partial charge in [-0.25, -0.2) is 0 Å². The highest BCUT2D eigenvalue weighted by Gasteiger charge is 2.50. The second-order valence-corrected chi connectivity index (χ2v) is 17.5. The molecular weight excluding hydrogens is 771 g/mol. The number of fused-ring (bicyclic) bond motifs is 13. The first-order valence-electron chi connectivity index (χ1n) is 21.2. The van der Waals surface area contributed by atoms with Gasteiger partial charge in [0.05, 0.1) is 5.41 Å². The van der Waals surface area contributed by atoms with Gasteiger partial charge in [0, 0.05) is 43.2 Å². The molecule has 0 radical (unpaired) electrons. The fourth-order valence-corrected chi connectivity index (χ4v) is 11.6. The Morgan fingerprint density at radius 2 is 0.952 bits per heavy atom. The van der Waals surface area contributed by atoms with Crippen LogP contribution in [0.5, 0.6) is 0 Å². The minimum atomic E-state index is -0.440. The van der Waals surface area contributed by atoms with Gasteiger partial charge in [-0.15, -0.1) is 0 Å². The minimum absolute atomic E-state index is 0.440. The highest BCUT2D eigenvalue weighted by molar-refractivity contribution is 7.99. The molecule has 1 aromatic heterocycles. The molecular formula is C59H37NOS. The maximum atomic E-state index is 6.75. The van der Waals surface area contributed by atoms with E-state index in [0.29, 0.717) is 0 Å². The molecule has 13 rings (SSSR count). The predicted molar refractivity (Wildman–Crippen MR) is 258 cm³/mol. The molecule has 0 bridgehead atoms. The van der Waals surface area contributed by atoms with E-state index >= 15 is 0 Å². The van der Waals surface area contributed by atoms with Crippen LogP contribution in [-0.4, -0.2) is 0 Å². The molecule has 290 valence electrons. The van der Waals surface area contributed by atoms with Crippen LogP contribution in [0.1, 0.15) is 22.3 Å². The third-order valence-electron chi connectivity index (χ3n) is 13.1. The van der Waals surface area contributed by atoms with Crippen molar-refractivity contribution in [3.8, 4) is 33.4 Å². The Morgan fingerprint density at radius 3 is 1.76 bits per heavy atom. The van der Waals surface area contributed by atoms with Crippen LogP contribution in [0.2, 0.25) is 0 Å². The molecule has 0 N–H and O–H groups in total. The summed E-state index contributed by atoms with van der Waals surface area (Å²) in [6.45, 7) is 0. The van der Waals surface area contributed by atoms with Crippen LogP contribution in [0.4, 0.5) is 17.1 Å². The lowest BCUT2D eigenvalue weighted by atomic mass is 9.67. The molecule has 2 nitrogen and oxygen atoms in total. The zero-order valence-electron chi connectivity index (χ0n) is 33.6. The van der Waals surface area contributed by atoms with Crippen molar-refractivity contribution in [2.45, 2.75) is 15.2 Å². The number of nitrogens with zero attached hydrogens (tertiary/aromatic N) is 1. The van der Waals surface area contributed by atoms with Gasteiger partial charge in [0.1, 0.15) is 11.2 Å². The van der Waals surface area contributed by atoms with Gasteiger partial charge < -0.3 is 9.32 Å². The van der Waals surface area contributed by atoms with Gasteiger partial charge in [0.2, 0.25) is 0 Å². The summed E-state index contributed by atoms with van der Waals surface area (Å²) < 4.78 is 6.75.